The standard InChI is InChI=1S/C29H28ClN5O2/c1-17-14-24(36)35-16-19(8-11-23(17)35)28-33-25(26-27(31)32-12-13-34(26)28)18-6-9-20(10-7-18)29(2,37)21-4-3-5-22(30)15-21/h3-7,9-10,12-13,15,19,23,37H,1,8,11,14,16H2,2H3,(H2,31,32)/t19-,23+,29-/m1/s1. The lowest BCUT2D eigenvalue weighted by Gasteiger charge is -2.34. The van der Waals surface area contributed by atoms with Crippen LogP contribution in [0.1, 0.15) is 49.1 Å². The van der Waals surface area contributed by atoms with Gasteiger partial charge in [-0.1, -0.05) is 54.6 Å². The van der Waals surface area contributed by atoms with Crippen molar-refractivity contribution in [2.75, 3.05) is 12.3 Å². The summed E-state index contributed by atoms with van der Waals surface area (Å²) in [4.78, 5) is 23.9. The van der Waals surface area contributed by atoms with Crippen molar-refractivity contribution < 1.29 is 9.90 Å². The van der Waals surface area contributed by atoms with E-state index in [0.717, 1.165) is 46.6 Å². The van der Waals surface area contributed by atoms with Crippen LogP contribution in [-0.4, -0.2) is 42.9 Å². The molecule has 0 spiro atoms. The number of carbonyl (C=O) groups excluding carboxylic acids is 1. The maximum Gasteiger partial charge on any atom is 0.227 e. The molecule has 0 aliphatic carbocycles. The van der Waals surface area contributed by atoms with Crippen molar-refractivity contribution in [1.29, 1.82) is 0 Å². The van der Waals surface area contributed by atoms with Crippen LogP contribution in [-0.2, 0) is 10.4 Å². The number of aliphatic hydroxyl groups is 1. The van der Waals surface area contributed by atoms with Gasteiger partial charge in [0.05, 0.1) is 6.04 Å². The van der Waals surface area contributed by atoms with Gasteiger partial charge in [0.1, 0.15) is 28.5 Å². The van der Waals surface area contributed by atoms with E-state index in [0.29, 0.717) is 29.4 Å². The molecule has 8 heteroatoms. The fourth-order valence-corrected chi connectivity index (χ4v) is 5.97. The van der Waals surface area contributed by atoms with Crippen LogP contribution in [0, 0.1) is 0 Å². The maximum atomic E-state index is 12.6. The second-order valence-electron chi connectivity index (χ2n) is 10.2. The highest BCUT2D eigenvalue weighted by atomic mass is 35.5. The van der Waals surface area contributed by atoms with Gasteiger partial charge in [0.2, 0.25) is 5.91 Å². The van der Waals surface area contributed by atoms with E-state index in [1.807, 2.05) is 51.9 Å². The molecule has 0 saturated carbocycles. The monoisotopic (exact) mass is 513 g/mol. The average Bonchev–Trinajstić information content (AvgIpc) is 3.42. The smallest absolute Gasteiger partial charge is 0.227 e. The molecule has 4 aromatic rings. The molecule has 0 radical (unpaired) electrons. The number of rotatable bonds is 4. The topological polar surface area (TPSA) is 96.8 Å². The third-order valence-corrected chi connectivity index (χ3v) is 8.07. The van der Waals surface area contributed by atoms with Gasteiger partial charge >= 0.3 is 0 Å². The van der Waals surface area contributed by atoms with E-state index in [4.69, 9.17) is 22.3 Å². The van der Waals surface area contributed by atoms with Gasteiger partial charge in [-0.25, -0.2) is 9.97 Å². The van der Waals surface area contributed by atoms with E-state index in [-0.39, 0.29) is 17.9 Å². The number of halogens is 1. The maximum absolute atomic E-state index is 12.6. The van der Waals surface area contributed by atoms with Gasteiger partial charge < -0.3 is 15.7 Å². The van der Waals surface area contributed by atoms with Crippen LogP contribution in [0.2, 0.25) is 5.02 Å². The number of nitrogen functional groups attached to an aromatic ring is 1. The summed E-state index contributed by atoms with van der Waals surface area (Å²) in [5.41, 5.74) is 9.94. The SMILES string of the molecule is C=C1CC(=O)N2C[C@H](c3nc(-c4ccc([C@@](C)(O)c5cccc(Cl)c5)cc4)c4c(N)nccn34)CC[C@@H]12. The second kappa shape index (κ2) is 8.71. The van der Waals surface area contributed by atoms with Crippen LogP contribution in [0.4, 0.5) is 5.82 Å². The number of anilines is 1. The second-order valence-corrected chi connectivity index (χ2v) is 10.6. The van der Waals surface area contributed by atoms with Crippen molar-refractivity contribution in [3.05, 3.63) is 95.1 Å². The molecule has 2 aromatic heterocycles. The van der Waals surface area contributed by atoms with E-state index in [1.54, 1.807) is 25.3 Å². The Morgan fingerprint density at radius 3 is 2.70 bits per heavy atom. The summed E-state index contributed by atoms with van der Waals surface area (Å²) < 4.78 is 2.01. The number of carbonyl (C=O) groups is 1. The molecule has 7 nitrogen and oxygen atoms in total. The Kier molecular flexibility index (Phi) is 5.58. The summed E-state index contributed by atoms with van der Waals surface area (Å²) in [6.45, 7) is 6.48. The third kappa shape index (κ3) is 3.90. The van der Waals surface area contributed by atoms with Gasteiger partial charge in [0, 0.05) is 41.9 Å². The molecule has 2 aliphatic heterocycles. The number of imidazole rings is 1. The fraction of sp³-hybridized carbons (Fsp3) is 0.276. The molecule has 6 rings (SSSR count). The van der Waals surface area contributed by atoms with Gasteiger partial charge in [-0.2, -0.15) is 0 Å². The highest BCUT2D eigenvalue weighted by Gasteiger charge is 2.40. The Morgan fingerprint density at radius 1 is 1.16 bits per heavy atom. The van der Waals surface area contributed by atoms with Crippen LogP contribution in [0.5, 0.6) is 0 Å². The van der Waals surface area contributed by atoms with Crippen molar-refractivity contribution in [2.45, 2.75) is 43.7 Å². The quantitative estimate of drug-likeness (QED) is 0.377. The molecular weight excluding hydrogens is 486 g/mol. The van der Waals surface area contributed by atoms with Crippen LogP contribution >= 0.6 is 11.6 Å². The van der Waals surface area contributed by atoms with Gasteiger partial charge in [0.25, 0.3) is 0 Å². The number of nitrogens with two attached hydrogens (primary N) is 1. The predicted octanol–water partition coefficient (Wildman–Crippen LogP) is 4.92. The minimum Gasteiger partial charge on any atom is -0.382 e. The van der Waals surface area contributed by atoms with Crippen molar-refractivity contribution in [1.82, 2.24) is 19.3 Å². The molecule has 3 atom stereocenters. The molecule has 2 aliphatic rings. The highest BCUT2D eigenvalue weighted by Crippen LogP contribution is 2.40. The summed E-state index contributed by atoms with van der Waals surface area (Å²) in [6.07, 6.45) is 5.79. The molecule has 0 bridgehead atoms. The van der Waals surface area contributed by atoms with Crippen molar-refractivity contribution in [2.24, 2.45) is 0 Å². The minimum atomic E-state index is -1.21. The first-order valence-corrected chi connectivity index (χ1v) is 12.8. The van der Waals surface area contributed by atoms with Crippen molar-refractivity contribution in [3.8, 4) is 11.3 Å². The number of piperidine rings is 1. The molecule has 3 N–H and O–H groups in total. The molecule has 2 aromatic carbocycles. The Labute approximate surface area is 220 Å². The fourth-order valence-electron chi connectivity index (χ4n) is 5.78. The lowest BCUT2D eigenvalue weighted by atomic mass is 9.87. The van der Waals surface area contributed by atoms with E-state index >= 15 is 0 Å². The number of nitrogens with zero attached hydrogens (tertiary/aromatic N) is 4. The zero-order valence-electron chi connectivity index (χ0n) is 20.6. The summed E-state index contributed by atoms with van der Waals surface area (Å²) in [7, 11) is 0. The first-order valence-electron chi connectivity index (χ1n) is 12.4. The van der Waals surface area contributed by atoms with Crippen molar-refractivity contribution in [3.63, 3.8) is 0 Å². The van der Waals surface area contributed by atoms with Gasteiger partial charge in [0.15, 0.2) is 0 Å². The zero-order chi connectivity index (χ0) is 25.9. The Bertz CT molecular complexity index is 1540. The molecule has 188 valence electrons. The molecule has 0 unspecified atom stereocenters. The van der Waals surface area contributed by atoms with Gasteiger partial charge in [-0.3, -0.25) is 9.20 Å². The molecule has 1 amide bonds. The summed E-state index contributed by atoms with van der Waals surface area (Å²) in [5, 5.41) is 11.9. The zero-order valence-corrected chi connectivity index (χ0v) is 21.3. The molecule has 2 saturated heterocycles. The van der Waals surface area contributed by atoms with Crippen LogP contribution in [0.15, 0.2) is 73.1 Å². The van der Waals surface area contributed by atoms with E-state index < -0.39 is 5.60 Å². The number of hydrogen-bond donors (Lipinski definition) is 2. The lowest BCUT2D eigenvalue weighted by Crippen LogP contribution is -2.41. The first kappa shape index (κ1) is 23.7. The Balaban J connectivity index is 1.38. The third-order valence-electron chi connectivity index (χ3n) is 7.83. The number of benzene rings is 2. The van der Waals surface area contributed by atoms with Crippen molar-refractivity contribution >= 4 is 28.8 Å². The van der Waals surface area contributed by atoms with Gasteiger partial charge in [-0.15, -0.1) is 0 Å². The Hall–Kier alpha value is -3.68. The molecular formula is C29H28ClN5O2. The number of amides is 1. The lowest BCUT2D eigenvalue weighted by molar-refractivity contribution is -0.130. The Morgan fingerprint density at radius 2 is 1.95 bits per heavy atom. The van der Waals surface area contributed by atoms with Crippen LogP contribution < -0.4 is 5.73 Å². The highest BCUT2D eigenvalue weighted by molar-refractivity contribution is 6.30. The minimum absolute atomic E-state index is 0.0805. The first-order chi connectivity index (χ1) is 17.7. The van der Waals surface area contributed by atoms with E-state index in [1.165, 1.54) is 0 Å². The van der Waals surface area contributed by atoms with Gasteiger partial charge in [-0.05, 0) is 48.6 Å². The summed E-state index contributed by atoms with van der Waals surface area (Å²) in [5.74, 6) is 1.49. The van der Waals surface area contributed by atoms with E-state index in [2.05, 4.69) is 11.6 Å². The molecule has 2 fully saturated rings. The summed E-state index contributed by atoms with van der Waals surface area (Å²) >= 11 is 6.16. The van der Waals surface area contributed by atoms with Crippen LogP contribution in [0.25, 0.3) is 16.8 Å². The largest absolute Gasteiger partial charge is 0.382 e. The normalized spacial score (nSPS) is 21.3. The molecule has 37 heavy (non-hydrogen) atoms. The van der Waals surface area contributed by atoms with E-state index in [9.17, 15) is 9.90 Å². The van der Waals surface area contributed by atoms with Crippen LogP contribution in [0.3, 0.4) is 0 Å². The summed E-state index contributed by atoms with van der Waals surface area (Å²) in [6, 6.07) is 15.1. The molecule has 4 heterocycles. The number of hydrogen-bond acceptors (Lipinski definition) is 5. The average molecular weight is 514 g/mol. The predicted molar refractivity (Wildman–Crippen MR) is 144 cm³/mol. The number of aromatic nitrogens is 3. The number of fused-ring (bicyclic) bond motifs is 2.